The van der Waals surface area contributed by atoms with Crippen LogP contribution in [-0.4, -0.2) is 32.9 Å². The average molecular weight is 535 g/mol. The number of anilines is 1. The molecule has 4 rings (SSSR count). The number of urea groups is 1. The van der Waals surface area contributed by atoms with Gasteiger partial charge in [-0.15, -0.1) is 0 Å². The lowest BCUT2D eigenvalue weighted by Gasteiger charge is -2.26. The van der Waals surface area contributed by atoms with Crippen LogP contribution in [0.4, 0.5) is 10.5 Å². The molecule has 3 aromatic carbocycles. The molecule has 10 heteroatoms. The van der Waals surface area contributed by atoms with Gasteiger partial charge in [-0.3, -0.25) is 14.9 Å². The van der Waals surface area contributed by atoms with E-state index in [1.54, 1.807) is 36.4 Å². The molecule has 0 atom stereocenters. The average Bonchev–Trinajstić information content (AvgIpc) is 2.88. The quantitative estimate of drug-likeness (QED) is 0.184. The number of nitrogens with zero attached hydrogens (tertiary/aromatic N) is 1. The van der Waals surface area contributed by atoms with Crippen molar-refractivity contribution in [2.24, 2.45) is 0 Å². The highest BCUT2D eigenvalue weighted by Crippen LogP contribution is 2.28. The zero-order chi connectivity index (χ0) is 27.3. The number of hydrogen-bond donors (Lipinski definition) is 1. The summed E-state index contributed by atoms with van der Waals surface area (Å²) in [6.07, 6.45) is 3.07. The monoisotopic (exact) mass is 534 g/mol. The van der Waals surface area contributed by atoms with E-state index in [0.717, 1.165) is 23.3 Å². The third kappa shape index (κ3) is 5.92. The van der Waals surface area contributed by atoms with Gasteiger partial charge in [-0.2, -0.15) is 8.42 Å². The minimum Gasteiger partial charge on any atom is -0.494 e. The Balaban J connectivity index is 1.62. The number of aryl methyl sites for hydroxylation is 1. The van der Waals surface area contributed by atoms with Gasteiger partial charge < -0.3 is 8.92 Å². The van der Waals surface area contributed by atoms with Crippen LogP contribution in [0.3, 0.4) is 0 Å². The Morgan fingerprint density at radius 3 is 2.29 bits per heavy atom. The molecule has 1 N–H and O–H groups in total. The van der Waals surface area contributed by atoms with Gasteiger partial charge >= 0.3 is 16.1 Å². The fourth-order valence-corrected chi connectivity index (χ4v) is 4.57. The third-order valence-electron chi connectivity index (χ3n) is 5.69. The first-order valence-corrected chi connectivity index (χ1v) is 13.3. The predicted molar refractivity (Wildman–Crippen MR) is 141 cm³/mol. The number of hydrogen-bond acceptors (Lipinski definition) is 7. The van der Waals surface area contributed by atoms with Gasteiger partial charge in [0.25, 0.3) is 11.8 Å². The van der Waals surface area contributed by atoms with E-state index in [2.05, 4.69) is 5.32 Å². The van der Waals surface area contributed by atoms with Crippen molar-refractivity contribution in [1.82, 2.24) is 5.32 Å². The molecule has 1 saturated heterocycles. The number of benzene rings is 3. The van der Waals surface area contributed by atoms with Crippen LogP contribution >= 0.6 is 0 Å². The van der Waals surface area contributed by atoms with Crippen LogP contribution in [0.1, 0.15) is 30.9 Å². The van der Waals surface area contributed by atoms with Gasteiger partial charge in [-0.25, -0.2) is 9.69 Å². The van der Waals surface area contributed by atoms with Crippen molar-refractivity contribution in [2.45, 2.75) is 31.6 Å². The standard InChI is InChI=1S/C28H26N2O7S/c1-3-4-17-36-22-13-11-21(12-14-22)30-27(32)24(26(31)29-28(30)33)18-20-7-5-6-8-25(20)37-38(34,35)23-15-9-19(2)10-16-23/h5-16,18H,3-4,17H2,1-2H3,(H,29,31,33)/b24-18-. The fraction of sp³-hybridized carbons (Fsp3) is 0.179. The summed E-state index contributed by atoms with van der Waals surface area (Å²) in [5.74, 6) is -1.28. The van der Waals surface area contributed by atoms with Crippen molar-refractivity contribution in [1.29, 1.82) is 0 Å². The van der Waals surface area contributed by atoms with Crippen molar-refractivity contribution in [3.05, 3.63) is 89.5 Å². The van der Waals surface area contributed by atoms with E-state index in [9.17, 15) is 22.8 Å². The van der Waals surface area contributed by atoms with E-state index in [0.29, 0.717) is 12.4 Å². The van der Waals surface area contributed by atoms with E-state index < -0.39 is 28.0 Å². The molecule has 0 aliphatic carbocycles. The number of carbonyl (C=O) groups excluding carboxylic acids is 3. The molecule has 3 aromatic rings. The summed E-state index contributed by atoms with van der Waals surface area (Å²) in [6, 6.07) is 17.6. The molecule has 1 aliphatic heterocycles. The second-order valence-corrected chi connectivity index (χ2v) is 10.1. The summed E-state index contributed by atoms with van der Waals surface area (Å²) >= 11 is 0. The largest absolute Gasteiger partial charge is 0.494 e. The fourth-order valence-electron chi connectivity index (χ4n) is 3.62. The van der Waals surface area contributed by atoms with E-state index in [1.165, 1.54) is 42.5 Å². The summed E-state index contributed by atoms with van der Waals surface area (Å²) in [5.41, 5.74) is 0.918. The molecular weight excluding hydrogens is 508 g/mol. The number of amides is 4. The zero-order valence-corrected chi connectivity index (χ0v) is 21.7. The Bertz CT molecular complexity index is 1490. The second-order valence-electron chi connectivity index (χ2n) is 8.54. The molecule has 38 heavy (non-hydrogen) atoms. The van der Waals surface area contributed by atoms with Crippen molar-refractivity contribution < 1.29 is 31.7 Å². The van der Waals surface area contributed by atoms with Crippen LogP contribution in [-0.2, 0) is 19.7 Å². The molecule has 0 radical (unpaired) electrons. The van der Waals surface area contributed by atoms with Crippen molar-refractivity contribution in [3.8, 4) is 11.5 Å². The van der Waals surface area contributed by atoms with Crippen molar-refractivity contribution >= 4 is 39.7 Å². The summed E-state index contributed by atoms with van der Waals surface area (Å²) in [5, 5.41) is 2.15. The minimum atomic E-state index is -4.19. The maximum Gasteiger partial charge on any atom is 0.339 e. The first kappa shape index (κ1) is 26.6. The van der Waals surface area contributed by atoms with Gasteiger partial charge in [-0.1, -0.05) is 49.2 Å². The van der Waals surface area contributed by atoms with Gasteiger partial charge in [-0.05, 0) is 61.9 Å². The molecule has 1 fully saturated rings. The molecule has 196 valence electrons. The molecule has 0 spiro atoms. The highest BCUT2D eigenvalue weighted by atomic mass is 32.2. The van der Waals surface area contributed by atoms with Crippen LogP contribution in [0.2, 0.25) is 0 Å². The SMILES string of the molecule is CCCCOc1ccc(N2C(=O)NC(=O)/C(=C/c3ccccc3OS(=O)(=O)c3ccc(C)cc3)C2=O)cc1. The summed E-state index contributed by atoms with van der Waals surface area (Å²) in [6.45, 7) is 4.42. The van der Waals surface area contributed by atoms with E-state index >= 15 is 0 Å². The van der Waals surface area contributed by atoms with Gasteiger partial charge in [0.15, 0.2) is 0 Å². The van der Waals surface area contributed by atoms with E-state index in [1.807, 2.05) is 13.8 Å². The molecule has 1 aliphatic rings. The minimum absolute atomic E-state index is 0.0454. The molecule has 0 saturated carbocycles. The number of para-hydroxylation sites is 1. The van der Waals surface area contributed by atoms with Crippen LogP contribution in [0, 0.1) is 6.92 Å². The normalized spacial score (nSPS) is 14.9. The summed E-state index contributed by atoms with van der Waals surface area (Å²) < 4.78 is 36.6. The van der Waals surface area contributed by atoms with E-state index in [-0.39, 0.29) is 27.5 Å². The second kappa shape index (κ2) is 11.3. The van der Waals surface area contributed by atoms with Crippen molar-refractivity contribution in [3.63, 3.8) is 0 Å². The number of ether oxygens (including phenoxy) is 1. The van der Waals surface area contributed by atoms with Gasteiger partial charge in [0.2, 0.25) is 0 Å². The topological polar surface area (TPSA) is 119 Å². The van der Waals surface area contributed by atoms with Gasteiger partial charge in [0.1, 0.15) is 22.0 Å². The van der Waals surface area contributed by atoms with Crippen LogP contribution in [0.15, 0.2) is 83.3 Å². The van der Waals surface area contributed by atoms with Crippen LogP contribution < -0.4 is 19.1 Å². The Hall–Kier alpha value is -4.44. The smallest absolute Gasteiger partial charge is 0.339 e. The van der Waals surface area contributed by atoms with Crippen molar-refractivity contribution in [2.75, 3.05) is 11.5 Å². The Labute approximate surface area is 220 Å². The van der Waals surface area contributed by atoms with Gasteiger partial charge in [0.05, 0.1) is 12.3 Å². The predicted octanol–water partition coefficient (Wildman–Crippen LogP) is 4.61. The Kier molecular flexibility index (Phi) is 7.92. The first-order chi connectivity index (χ1) is 18.2. The maximum absolute atomic E-state index is 13.3. The summed E-state index contributed by atoms with van der Waals surface area (Å²) in [4.78, 5) is 39.2. The molecule has 9 nitrogen and oxygen atoms in total. The summed E-state index contributed by atoms with van der Waals surface area (Å²) in [7, 11) is -4.19. The van der Waals surface area contributed by atoms with Crippen LogP contribution in [0.25, 0.3) is 6.08 Å². The number of unbranched alkanes of at least 4 members (excludes halogenated alkanes) is 1. The molecule has 1 heterocycles. The third-order valence-corrected chi connectivity index (χ3v) is 6.94. The lowest BCUT2D eigenvalue weighted by Crippen LogP contribution is -2.54. The molecule has 0 aromatic heterocycles. The Morgan fingerprint density at radius 2 is 1.61 bits per heavy atom. The number of nitrogens with one attached hydrogen (secondary N) is 1. The number of barbiturate groups is 1. The van der Waals surface area contributed by atoms with E-state index in [4.69, 9.17) is 8.92 Å². The maximum atomic E-state index is 13.3. The molecular formula is C28H26N2O7S. The van der Waals surface area contributed by atoms with Gasteiger partial charge in [0, 0.05) is 5.56 Å². The first-order valence-electron chi connectivity index (χ1n) is 11.9. The Morgan fingerprint density at radius 1 is 0.921 bits per heavy atom. The zero-order valence-electron chi connectivity index (χ0n) is 20.8. The molecule has 0 bridgehead atoms. The highest BCUT2D eigenvalue weighted by Gasteiger charge is 2.37. The van der Waals surface area contributed by atoms with Crippen LogP contribution in [0.5, 0.6) is 11.5 Å². The number of imide groups is 2. The molecule has 0 unspecified atom stereocenters. The lowest BCUT2D eigenvalue weighted by molar-refractivity contribution is -0.122. The number of carbonyl (C=O) groups is 3. The lowest BCUT2D eigenvalue weighted by atomic mass is 10.1. The highest BCUT2D eigenvalue weighted by molar-refractivity contribution is 7.87. The molecule has 4 amide bonds. The number of rotatable bonds is 9.